The van der Waals surface area contributed by atoms with Crippen LogP contribution in [0.5, 0.6) is 0 Å². The lowest BCUT2D eigenvalue weighted by molar-refractivity contribution is 0.837. The Morgan fingerprint density at radius 1 is 0.852 bits per heavy atom. The van der Waals surface area contributed by atoms with Gasteiger partial charge in [0.1, 0.15) is 0 Å². The minimum atomic E-state index is 0.475. The number of aliphatic imine (C=N–C) groups is 1. The Kier molecular flexibility index (Phi) is 7.01. The number of para-hydroxylation sites is 2. The lowest BCUT2D eigenvalue weighted by Crippen LogP contribution is -2.07. The second-order valence-corrected chi connectivity index (χ2v) is 8.07. The van der Waals surface area contributed by atoms with Crippen molar-refractivity contribution in [2.45, 2.75) is 67.2 Å². The van der Waals surface area contributed by atoms with Crippen molar-refractivity contribution in [2.75, 3.05) is 5.32 Å². The molecule has 0 saturated heterocycles. The summed E-state index contributed by atoms with van der Waals surface area (Å²) >= 11 is 0. The molecular weight excluding hydrogens is 328 g/mol. The topological polar surface area (TPSA) is 24.4 Å². The third kappa shape index (κ3) is 5.32. The first kappa shape index (κ1) is 21.0. The Hall–Kier alpha value is -2.35. The zero-order valence-electron chi connectivity index (χ0n) is 18.1. The zero-order chi connectivity index (χ0) is 20.1. The van der Waals surface area contributed by atoms with E-state index in [4.69, 9.17) is 4.99 Å². The summed E-state index contributed by atoms with van der Waals surface area (Å²) in [6, 6.07) is 12.9. The number of hydrogen-bond acceptors (Lipinski definition) is 2. The molecule has 0 radical (unpaired) electrons. The number of aryl methyl sites for hydroxylation is 2. The van der Waals surface area contributed by atoms with Crippen LogP contribution in [0.1, 0.15) is 75.6 Å². The van der Waals surface area contributed by atoms with Crippen LogP contribution in [0, 0.1) is 13.8 Å². The van der Waals surface area contributed by atoms with E-state index < -0.39 is 0 Å². The van der Waals surface area contributed by atoms with Crippen molar-refractivity contribution < 1.29 is 0 Å². The maximum absolute atomic E-state index is 4.86. The van der Waals surface area contributed by atoms with Crippen LogP contribution in [-0.2, 0) is 0 Å². The molecule has 0 aliphatic rings. The van der Waals surface area contributed by atoms with Gasteiger partial charge in [-0.05, 0) is 67.9 Å². The number of allylic oxidation sites excluding steroid dienone is 2. The van der Waals surface area contributed by atoms with Crippen molar-refractivity contribution in [1.29, 1.82) is 0 Å². The van der Waals surface area contributed by atoms with E-state index in [1.807, 2.05) is 0 Å². The van der Waals surface area contributed by atoms with Crippen molar-refractivity contribution in [2.24, 2.45) is 4.99 Å². The molecule has 0 bridgehead atoms. The molecule has 0 aliphatic carbocycles. The molecular formula is C25H34N2. The third-order valence-electron chi connectivity index (χ3n) is 4.85. The molecule has 0 saturated carbocycles. The van der Waals surface area contributed by atoms with E-state index in [0.717, 1.165) is 17.1 Å². The van der Waals surface area contributed by atoms with Crippen molar-refractivity contribution in [3.63, 3.8) is 0 Å². The Morgan fingerprint density at radius 2 is 1.33 bits per heavy atom. The molecule has 0 amide bonds. The van der Waals surface area contributed by atoms with Gasteiger partial charge in [-0.15, -0.1) is 0 Å². The van der Waals surface area contributed by atoms with Crippen LogP contribution in [0.2, 0.25) is 0 Å². The normalized spacial score (nSPS) is 12.8. The van der Waals surface area contributed by atoms with E-state index in [1.54, 1.807) is 0 Å². The standard InChI is InChI=1S/C25H34N2/c1-16(2)22-13-10-14-23(17(3)4)25(22)27-21(8)15-20(7)26-24-18(5)11-9-12-19(24)6/h9-17,27H,1-8H3. The summed E-state index contributed by atoms with van der Waals surface area (Å²) in [7, 11) is 0. The Morgan fingerprint density at radius 3 is 1.81 bits per heavy atom. The van der Waals surface area contributed by atoms with Crippen LogP contribution in [0.25, 0.3) is 0 Å². The van der Waals surface area contributed by atoms with Crippen LogP contribution < -0.4 is 5.32 Å². The Balaban J connectivity index is 2.37. The van der Waals surface area contributed by atoms with Gasteiger partial charge in [0.05, 0.1) is 5.69 Å². The highest BCUT2D eigenvalue weighted by atomic mass is 14.9. The number of rotatable bonds is 6. The Bertz CT molecular complexity index is 808. The van der Waals surface area contributed by atoms with E-state index in [9.17, 15) is 0 Å². The zero-order valence-corrected chi connectivity index (χ0v) is 18.1. The highest BCUT2D eigenvalue weighted by Crippen LogP contribution is 2.33. The number of hydrogen-bond donors (Lipinski definition) is 1. The molecule has 2 aromatic carbocycles. The largest absolute Gasteiger partial charge is 0.359 e. The second kappa shape index (κ2) is 9.03. The number of anilines is 1. The van der Waals surface area contributed by atoms with Crippen LogP contribution in [0.3, 0.4) is 0 Å². The van der Waals surface area contributed by atoms with E-state index >= 15 is 0 Å². The molecule has 2 heteroatoms. The molecule has 144 valence electrons. The highest BCUT2D eigenvalue weighted by Gasteiger charge is 2.13. The molecule has 27 heavy (non-hydrogen) atoms. The lowest BCUT2D eigenvalue weighted by atomic mass is 9.92. The highest BCUT2D eigenvalue weighted by molar-refractivity contribution is 5.96. The first-order valence-corrected chi connectivity index (χ1v) is 9.90. The van der Waals surface area contributed by atoms with Gasteiger partial charge in [0.25, 0.3) is 0 Å². The van der Waals surface area contributed by atoms with Crippen molar-refractivity contribution in [3.8, 4) is 0 Å². The average Bonchev–Trinajstić information content (AvgIpc) is 2.57. The SMILES string of the molecule is CC(=CC(C)=Nc1c(C)cccc1C)Nc1c(C(C)C)cccc1C(C)C. The van der Waals surface area contributed by atoms with Gasteiger partial charge in [0, 0.05) is 17.1 Å². The van der Waals surface area contributed by atoms with Gasteiger partial charge in [-0.1, -0.05) is 64.1 Å². The Labute approximate surface area is 165 Å². The first-order chi connectivity index (χ1) is 12.7. The number of benzene rings is 2. The summed E-state index contributed by atoms with van der Waals surface area (Å²) in [6.07, 6.45) is 2.13. The van der Waals surface area contributed by atoms with Crippen LogP contribution in [0.4, 0.5) is 11.4 Å². The molecule has 0 spiro atoms. The molecule has 0 aromatic heterocycles. The fraction of sp³-hybridized carbons (Fsp3) is 0.400. The van der Waals surface area contributed by atoms with Gasteiger partial charge in [0.15, 0.2) is 0 Å². The van der Waals surface area contributed by atoms with Gasteiger partial charge in [0.2, 0.25) is 0 Å². The molecule has 0 heterocycles. The van der Waals surface area contributed by atoms with Gasteiger partial charge in [-0.3, -0.25) is 4.99 Å². The van der Waals surface area contributed by atoms with Crippen LogP contribution in [0.15, 0.2) is 53.2 Å². The maximum atomic E-state index is 4.86. The molecule has 2 nitrogen and oxygen atoms in total. The lowest BCUT2D eigenvalue weighted by Gasteiger charge is -2.21. The van der Waals surface area contributed by atoms with Crippen LogP contribution >= 0.6 is 0 Å². The second-order valence-electron chi connectivity index (χ2n) is 8.07. The van der Waals surface area contributed by atoms with Crippen molar-refractivity contribution in [3.05, 3.63) is 70.4 Å². The molecule has 1 N–H and O–H groups in total. The summed E-state index contributed by atoms with van der Waals surface area (Å²) in [5.41, 5.74) is 9.57. The van der Waals surface area contributed by atoms with Crippen molar-refractivity contribution in [1.82, 2.24) is 0 Å². The van der Waals surface area contributed by atoms with E-state index in [1.165, 1.54) is 27.9 Å². The minimum absolute atomic E-state index is 0.475. The molecule has 0 unspecified atom stereocenters. The quantitative estimate of drug-likeness (QED) is 0.524. The van der Waals surface area contributed by atoms with Gasteiger partial charge in [-0.2, -0.15) is 0 Å². The van der Waals surface area contributed by atoms with Crippen LogP contribution in [-0.4, -0.2) is 5.71 Å². The van der Waals surface area contributed by atoms with Crippen molar-refractivity contribution >= 4 is 17.1 Å². The monoisotopic (exact) mass is 362 g/mol. The summed E-state index contributed by atoms with van der Waals surface area (Å²) in [6.45, 7) is 17.4. The predicted octanol–water partition coefficient (Wildman–Crippen LogP) is 7.66. The van der Waals surface area contributed by atoms with E-state index in [0.29, 0.717) is 11.8 Å². The van der Waals surface area contributed by atoms with E-state index in [2.05, 4.69) is 103 Å². The third-order valence-corrected chi connectivity index (χ3v) is 4.85. The van der Waals surface area contributed by atoms with E-state index in [-0.39, 0.29) is 0 Å². The molecule has 2 rings (SSSR count). The minimum Gasteiger partial charge on any atom is -0.359 e. The fourth-order valence-corrected chi connectivity index (χ4v) is 3.43. The molecule has 2 aromatic rings. The van der Waals surface area contributed by atoms with Gasteiger partial charge < -0.3 is 5.32 Å². The molecule has 0 fully saturated rings. The number of nitrogens with zero attached hydrogens (tertiary/aromatic N) is 1. The summed E-state index contributed by atoms with van der Waals surface area (Å²) in [5.74, 6) is 0.951. The predicted molar refractivity (Wildman–Crippen MR) is 121 cm³/mol. The smallest absolute Gasteiger partial charge is 0.0691 e. The summed E-state index contributed by atoms with van der Waals surface area (Å²) in [4.78, 5) is 4.86. The summed E-state index contributed by atoms with van der Waals surface area (Å²) in [5, 5.41) is 3.67. The maximum Gasteiger partial charge on any atom is 0.0691 e. The first-order valence-electron chi connectivity index (χ1n) is 9.90. The van der Waals surface area contributed by atoms with Gasteiger partial charge >= 0.3 is 0 Å². The fourth-order valence-electron chi connectivity index (χ4n) is 3.43. The summed E-state index contributed by atoms with van der Waals surface area (Å²) < 4.78 is 0. The number of nitrogens with one attached hydrogen (secondary N) is 1. The molecule has 0 atom stereocenters. The molecule has 0 aliphatic heterocycles. The average molecular weight is 363 g/mol. The van der Waals surface area contributed by atoms with Gasteiger partial charge in [-0.25, -0.2) is 0 Å².